The van der Waals surface area contributed by atoms with E-state index in [4.69, 9.17) is 10.2 Å². The summed E-state index contributed by atoms with van der Waals surface area (Å²) >= 11 is 4.30. The number of carboxylic acids is 2. The molecule has 4 nitrogen and oxygen atoms in total. The highest BCUT2D eigenvalue weighted by atomic mass is 32.1. The Morgan fingerprint density at radius 2 is 1.53 bits per heavy atom. The van der Waals surface area contributed by atoms with E-state index in [1.165, 1.54) is 0 Å². The monoisotopic (exact) mass is 234 g/mol. The number of carbonyl (C=O) groups is 2. The average Bonchev–Trinajstić information content (AvgIpc) is 2.11. The Morgan fingerprint density at radius 3 is 1.73 bits per heavy atom. The maximum atomic E-state index is 10.5. The molecular formula is C10H18O4S. The van der Waals surface area contributed by atoms with E-state index in [-0.39, 0.29) is 23.5 Å². The first-order chi connectivity index (χ1) is 6.78. The Labute approximate surface area is 95.1 Å². The zero-order chi connectivity index (χ0) is 12.1. The second-order valence-electron chi connectivity index (χ2n) is 4.12. The molecule has 0 saturated heterocycles. The fraction of sp³-hybridized carbons (Fsp3) is 0.800. The van der Waals surface area contributed by atoms with E-state index >= 15 is 0 Å². The summed E-state index contributed by atoms with van der Waals surface area (Å²) in [6.07, 6.45) is 1.03. The second-order valence-corrected chi connectivity index (χ2v) is 4.89. The minimum Gasteiger partial charge on any atom is -0.481 e. The van der Waals surface area contributed by atoms with Gasteiger partial charge in [-0.25, -0.2) is 0 Å². The summed E-state index contributed by atoms with van der Waals surface area (Å²) in [4.78, 5) is 20.9. The molecule has 0 fully saturated rings. The summed E-state index contributed by atoms with van der Waals surface area (Å²) in [5, 5.41) is 17.2. The third-order valence-corrected chi connectivity index (χ3v) is 3.45. The van der Waals surface area contributed by atoms with Gasteiger partial charge in [0.25, 0.3) is 0 Å². The Morgan fingerprint density at radius 1 is 1.20 bits per heavy atom. The van der Waals surface area contributed by atoms with Gasteiger partial charge in [-0.15, -0.1) is 0 Å². The van der Waals surface area contributed by atoms with Crippen LogP contribution in [-0.4, -0.2) is 27.4 Å². The quantitative estimate of drug-likeness (QED) is 0.589. The van der Waals surface area contributed by atoms with E-state index < -0.39 is 11.9 Å². The van der Waals surface area contributed by atoms with Crippen LogP contribution in [-0.2, 0) is 9.59 Å². The SMILES string of the molecule is CC(S)C(C)(CCC(=O)O)CCC(=O)O. The molecule has 88 valence electrons. The van der Waals surface area contributed by atoms with Gasteiger partial charge in [-0.05, 0) is 18.3 Å². The minimum absolute atomic E-state index is 0.0174. The summed E-state index contributed by atoms with van der Waals surface area (Å²) in [5.41, 5.74) is -0.333. The lowest BCUT2D eigenvalue weighted by Crippen LogP contribution is -2.28. The third kappa shape index (κ3) is 5.67. The van der Waals surface area contributed by atoms with Crippen molar-refractivity contribution in [3.63, 3.8) is 0 Å². The first kappa shape index (κ1) is 14.3. The Bertz CT molecular complexity index is 220. The van der Waals surface area contributed by atoms with Gasteiger partial charge in [0.05, 0.1) is 0 Å². The molecule has 2 N–H and O–H groups in total. The molecule has 0 rings (SSSR count). The van der Waals surface area contributed by atoms with Crippen LogP contribution >= 0.6 is 12.6 Å². The summed E-state index contributed by atoms with van der Waals surface area (Å²) in [7, 11) is 0. The van der Waals surface area contributed by atoms with E-state index in [1.54, 1.807) is 0 Å². The molecule has 0 aliphatic carbocycles. The van der Waals surface area contributed by atoms with Crippen molar-refractivity contribution in [3.8, 4) is 0 Å². The second kappa shape index (κ2) is 6.00. The molecule has 1 unspecified atom stereocenters. The van der Waals surface area contributed by atoms with Gasteiger partial charge in [-0.3, -0.25) is 9.59 Å². The smallest absolute Gasteiger partial charge is 0.303 e. The van der Waals surface area contributed by atoms with Gasteiger partial charge in [-0.2, -0.15) is 12.6 Å². The van der Waals surface area contributed by atoms with Crippen LogP contribution in [0.4, 0.5) is 0 Å². The highest BCUT2D eigenvalue weighted by molar-refractivity contribution is 7.81. The topological polar surface area (TPSA) is 74.6 Å². The van der Waals surface area contributed by atoms with Crippen LogP contribution in [0.5, 0.6) is 0 Å². The zero-order valence-electron chi connectivity index (χ0n) is 9.06. The van der Waals surface area contributed by atoms with E-state index in [0.29, 0.717) is 12.8 Å². The minimum atomic E-state index is -0.856. The first-order valence-corrected chi connectivity index (χ1v) is 5.41. The molecule has 0 amide bonds. The summed E-state index contributed by atoms with van der Waals surface area (Å²) in [6, 6.07) is 0. The summed E-state index contributed by atoms with van der Waals surface area (Å²) in [5.74, 6) is -1.71. The molecule has 0 bridgehead atoms. The highest BCUT2D eigenvalue weighted by Crippen LogP contribution is 2.35. The largest absolute Gasteiger partial charge is 0.481 e. The fourth-order valence-electron chi connectivity index (χ4n) is 1.33. The molecule has 0 saturated carbocycles. The van der Waals surface area contributed by atoms with Gasteiger partial charge < -0.3 is 10.2 Å². The van der Waals surface area contributed by atoms with E-state index in [9.17, 15) is 9.59 Å². The van der Waals surface area contributed by atoms with E-state index in [1.807, 2.05) is 13.8 Å². The normalized spacial score (nSPS) is 13.5. The molecule has 0 heterocycles. The van der Waals surface area contributed by atoms with Crippen LogP contribution < -0.4 is 0 Å². The summed E-state index contributed by atoms with van der Waals surface area (Å²) in [6.45, 7) is 3.75. The predicted octanol–water partition coefficient (Wildman–Crippen LogP) is 2.04. The third-order valence-electron chi connectivity index (χ3n) is 2.83. The van der Waals surface area contributed by atoms with Crippen molar-refractivity contribution in [1.82, 2.24) is 0 Å². The Hall–Kier alpha value is -0.710. The average molecular weight is 234 g/mol. The van der Waals surface area contributed by atoms with Crippen LogP contribution in [0.3, 0.4) is 0 Å². The number of thiol groups is 1. The molecule has 0 spiro atoms. The predicted molar refractivity (Wildman–Crippen MR) is 60.3 cm³/mol. The molecule has 0 aromatic carbocycles. The van der Waals surface area contributed by atoms with Crippen molar-refractivity contribution in [1.29, 1.82) is 0 Å². The van der Waals surface area contributed by atoms with Crippen LogP contribution in [0.2, 0.25) is 0 Å². The molecular weight excluding hydrogens is 216 g/mol. The molecule has 5 heteroatoms. The molecule has 0 aliphatic rings. The van der Waals surface area contributed by atoms with E-state index in [2.05, 4.69) is 12.6 Å². The van der Waals surface area contributed by atoms with Gasteiger partial charge in [0.15, 0.2) is 0 Å². The van der Waals surface area contributed by atoms with Crippen LogP contribution in [0.15, 0.2) is 0 Å². The lowest BCUT2D eigenvalue weighted by molar-refractivity contribution is -0.137. The number of hydrogen-bond donors (Lipinski definition) is 3. The maximum absolute atomic E-state index is 10.5. The lowest BCUT2D eigenvalue weighted by Gasteiger charge is -2.32. The maximum Gasteiger partial charge on any atom is 0.303 e. The van der Waals surface area contributed by atoms with Gasteiger partial charge in [0, 0.05) is 18.1 Å². The van der Waals surface area contributed by atoms with Crippen molar-refractivity contribution in [3.05, 3.63) is 0 Å². The zero-order valence-corrected chi connectivity index (χ0v) is 9.96. The molecule has 0 aromatic heterocycles. The van der Waals surface area contributed by atoms with Crippen molar-refractivity contribution < 1.29 is 19.8 Å². The van der Waals surface area contributed by atoms with Gasteiger partial charge in [0.2, 0.25) is 0 Å². The molecule has 0 aromatic rings. The van der Waals surface area contributed by atoms with Crippen LogP contribution in [0, 0.1) is 5.41 Å². The van der Waals surface area contributed by atoms with Crippen molar-refractivity contribution in [2.45, 2.75) is 44.8 Å². The molecule has 0 aliphatic heterocycles. The number of aliphatic carboxylic acids is 2. The van der Waals surface area contributed by atoms with Gasteiger partial charge >= 0.3 is 11.9 Å². The fourth-order valence-corrected chi connectivity index (χ4v) is 1.59. The number of carboxylic acid groups (broad SMARTS) is 2. The van der Waals surface area contributed by atoms with Crippen LogP contribution in [0.1, 0.15) is 39.5 Å². The van der Waals surface area contributed by atoms with Gasteiger partial charge in [-0.1, -0.05) is 13.8 Å². The summed E-state index contributed by atoms with van der Waals surface area (Å²) < 4.78 is 0. The van der Waals surface area contributed by atoms with Crippen LogP contribution in [0.25, 0.3) is 0 Å². The first-order valence-electron chi connectivity index (χ1n) is 4.89. The van der Waals surface area contributed by atoms with Crippen molar-refractivity contribution in [2.24, 2.45) is 5.41 Å². The molecule has 1 atom stereocenters. The standard InChI is InChI=1S/C10H18O4S/c1-7(15)10(2,5-3-8(11)12)6-4-9(13)14/h7,15H,3-6H2,1-2H3,(H,11,12)(H,13,14). The van der Waals surface area contributed by atoms with Crippen molar-refractivity contribution >= 4 is 24.6 Å². The molecule has 0 radical (unpaired) electrons. The van der Waals surface area contributed by atoms with Crippen molar-refractivity contribution in [2.75, 3.05) is 0 Å². The Kier molecular flexibility index (Phi) is 5.72. The number of hydrogen-bond acceptors (Lipinski definition) is 3. The number of rotatable bonds is 7. The lowest BCUT2D eigenvalue weighted by atomic mass is 9.78. The van der Waals surface area contributed by atoms with Gasteiger partial charge in [0.1, 0.15) is 0 Å². The molecule has 15 heavy (non-hydrogen) atoms. The highest BCUT2D eigenvalue weighted by Gasteiger charge is 2.30. The Balaban J connectivity index is 4.31. The van der Waals surface area contributed by atoms with E-state index in [0.717, 1.165) is 0 Å².